The van der Waals surface area contributed by atoms with E-state index in [4.69, 9.17) is 10.2 Å². The Labute approximate surface area is 299 Å². The maximum atomic E-state index is 10.2. The van der Waals surface area contributed by atoms with Crippen LogP contribution in [-0.4, -0.2) is 32.7 Å². The van der Waals surface area contributed by atoms with E-state index < -0.39 is 22.4 Å². The molecule has 0 aliphatic carbocycles. The first-order valence-corrected chi connectivity index (χ1v) is 21.9. The fourth-order valence-electron chi connectivity index (χ4n) is 6.23. The molecule has 2 atom stereocenters. The van der Waals surface area contributed by atoms with E-state index in [1.54, 1.807) is 0 Å². The van der Waals surface area contributed by atoms with Crippen molar-refractivity contribution >= 4 is 23.7 Å². The van der Waals surface area contributed by atoms with Gasteiger partial charge in [0.2, 0.25) is 0 Å². The lowest BCUT2D eigenvalue weighted by atomic mass is 10.0. The van der Waals surface area contributed by atoms with Gasteiger partial charge in [-0.3, -0.25) is 9.59 Å². The second-order valence-electron chi connectivity index (χ2n) is 14.4. The third-order valence-corrected chi connectivity index (χ3v) is 10.8. The molecule has 0 amide bonds. The van der Waals surface area contributed by atoms with Gasteiger partial charge in [-0.25, -0.2) is 0 Å². The molecule has 0 aromatic rings. The van der Waals surface area contributed by atoms with Crippen LogP contribution in [0, 0.1) is 0 Å². The number of unbranched alkanes of at least 4 members (excludes halogenated alkanes) is 33. The molecule has 0 aliphatic heterocycles. The second-order valence-corrected chi connectivity index (χ2v) is 16.1. The predicted octanol–water partition coefficient (Wildman–Crippen LogP) is 15.0. The average molecular weight is 685 g/mol. The van der Waals surface area contributed by atoms with Crippen LogP contribution in [0.25, 0.3) is 0 Å². The van der Waals surface area contributed by atoms with Crippen LogP contribution in [0.3, 0.4) is 0 Å². The van der Waals surface area contributed by atoms with Crippen LogP contribution in [0.4, 0.5) is 0 Å². The van der Waals surface area contributed by atoms with Crippen molar-refractivity contribution < 1.29 is 19.8 Å². The van der Waals surface area contributed by atoms with Crippen molar-refractivity contribution in [3.8, 4) is 0 Å². The van der Waals surface area contributed by atoms with Gasteiger partial charge >= 0.3 is 11.9 Å². The minimum Gasteiger partial charge on any atom is -0.480 e. The van der Waals surface area contributed by atoms with Gasteiger partial charge in [0.25, 0.3) is 0 Å². The lowest BCUT2D eigenvalue weighted by molar-refractivity contribution is -0.136. The van der Waals surface area contributed by atoms with Gasteiger partial charge in [0.1, 0.15) is 10.5 Å². The molecular formula is C42H84O4S. The van der Waals surface area contributed by atoms with Gasteiger partial charge in [-0.1, -0.05) is 232 Å². The molecule has 47 heavy (non-hydrogen) atoms. The number of thioether (sulfide) groups is 1. The fourth-order valence-corrected chi connectivity index (χ4v) is 7.07. The first kappa shape index (κ1) is 48.4. The van der Waals surface area contributed by atoms with Crippen molar-refractivity contribution in [1.29, 1.82) is 0 Å². The van der Waals surface area contributed by atoms with Gasteiger partial charge in [-0.05, 0) is 13.8 Å². The zero-order valence-electron chi connectivity index (χ0n) is 32.3. The average Bonchev–Trinajstić information content (AvgIpc) is 3.05. The van der Waals surface area contributed by atoms with Gasteiger partial charge in [0, 0.05) is 0 Å². The van der Waals surface area contributed by atoms with E-state index in [0.29, 0.717) is 0 Å². The van der Waals surface area contributed by atoms with Crippen LogP contribution in [-0.2, 0) is 9.59 Å². The number of hydrogen-bond acceptors (Lipinski definition) is 3. The van der Waals surface area contributed by atoms with Crippen LogP contribution < -0.4 is 0 Å². The van der Waals surface area contributed by atoms with Crippen molar-refractivity contribution in [3.63, 3.8) is 0 Å². The van der Waals surface area contributed by atoms with Crippen molar-refractivity contribution in [1.82, 2.24) is 0 Å². The normalized spacial score (nSPS) is 12.4. The SMILES string of the molecule is CC(SC(C)C(=O)O)C(=O)O.CCCCCCCCCCCCCCCCCCCCCCCCCCCCCCCCCCCC. The third-order valence-electron chi connectivity index (χ3n) is 9.56. The van der Waals surface area contributed by atoms with E-state index in [1.807, 2.05) is 0 Å². The molecule has 0 saturated heterocycles. The highest BCUT2D eigenvalue weighted by atomic mass is 32.2. The minimum atomic E-state index is -0.983. The Bertz CT molecular complexity index is 574. The molecule has 0 heterocycles. The highest BCUT2D eigenvalue weighted by molar-refractivity contribution is 8.01. The van der Waals surface area contributed by atoms with Crippen molar-refractivity contribution in [2.24, 2.45) is 0 Å². The third kappa shape index (κ3) is 43.3. The summed E-state index contributed by atoms with van der Waals surface area (Å²) in [6, 6.07) is 0. The molecule has 282 valence electrons. The number of carboxylic acids is 2. The van der Waals surface area contributed by atoms with E-state index in [0.717, 1.165) is 11.8 Å². The lowest BCUT2D eigenvalue weighted by Crippen LogP contribution is -2.20. The topological polar surface area (TPSA) is 74.6 Å². The van der Waals surface area contributed by atoms with Gasteiger partial charge in [0.15, 0.2) is 0 Å². The van der Waals surface area contributed by atoms with Gasteiger partial charge in [-0.2, -0.15) is 0 Å². The zero-order chi connectivity index (χ0) is 35.1. The number of carboxylic acid groups (broad SMARTS) is 2. The number of aliphatic carboxylic acids is 2. The summed E-state index contributed by atoms with van der Waals surface area (Å²) >= 11 is 0.917. The van der Waals surface area contributed by atoms with Crippen LogP contribution in [0.1, 0.15) is 246 Å². The van der Waals surface area contributed by atoms with Gasteiger partial charge in [-0.15, -0.1) is 11.8 Å². The molecule has 0 radical (unpaired) electrons. The molecular weight excluding hydrogens is 601 g/mol. The molecule has 0 aliphatic rings. The molecule has 4 nitrogen and oxygen atoms in total. The summed E-state index contributed by atoms with van der Waals surface area (Å²) in [5.74, 6) is -1.97. The van der Waals surface area contributed by atoms with Crippen LogP contribution in [0.15, 0.2) is 0 Å². The molecule has 0 aromatic heterocycles. The van der Waals surface area contributed by atoms with E-state index >= 15 is 0 Å². The van der Waals surface area contributed by atoms with Crippen molar-refractivity contribution in [2.45, 2.75) is 257 Å². The summed E-state index contributed by atoms with van der Waals surface area (Å²) in [7, 11) is 0. The molecule has 0 spiro atoms. The van der Waals surface area contributed by atoms with E-state index in [2.05, 4.69) is 13.8 Å². The van der Waals surface area contributed by atoms with E-state index in [1.165, 1.54) is 232 Å². The zero-order valence-corrected chi connectivity index (χ0v) is 33.1. The number of hydrogen-bond donors (Lipinski definition) is 2. The van der Waals surface area contributed by atoms with Crippen molar-refractivity contribution in [3.05, 3.63) is 0 Å². The predicted molar refractivity (Wildman–Crippen MR) is 210 cm³/mol. The smallest absolute Gasteiger partial charge is 0.316 e. The van der Waals surface area contributed by atoms with Crippen molar-refractivity contribution in [2.75, 3.05) is 0 Å². The Morgan fingerprint density at radius 2 is 0.468 bits per heavy atom. The molecule has 0 saturated carbocycles. The monoisotopic (exact) mass is 685 g/mol. The highest BCUT2D eigenvalue weighted by Crippen LogP contribution is 2.18. The molecule has 5 heteroatoms. The Hall–Kier alpha value is -0.710. The molecule has 0 aromatic carbocycles. The Balaban J connectivity index is 0. The first-order chi connectivity index (χ1) is 22.9. The van der Waals surface area contributed by atoms with Gasteiger partial charge in [0.05, 0.1) is 0 Å². The molecule has 0 rings (SSSR count). The molecule has 2 unspecified atom stereocenters. The fraction of sp³-hybridized carbons (Fsp3) is 0.952. The molecule has 0 fully saturated rings. The Kier molecular flexibility index (Phi) is 42.7. The molecule has 2 N–H and O–H groups in total. The Morgan fingerprint density at radius 3 is 0.574 bits per heavy atom. The van der Waals surface area contributed by atoms with Crippen LogP contribution in [0.5, 0.6) is 0 Å². The number of rotatable bonds is 37. The molecule has 0 bridgehead atoms. The highest BCUT2D eigenvalue weighted by Gasteiger charge is 2.19. The first-order valence-electron chi connectivity index (χ1n) is 21.0. The summed E-state index contributed by atoms with van der Waals surface area (Å²) in [4.78, 5) is 20.5. The van der Waals surface area contributed by atoms with Crippen LogP contribution in [0.2, 0.25) is 0 Å². The summed E-state index contributed by atoms with van der Waals surface area (Å²) in [5, 5.41) is 15.5. The maximum Gasteiger partial charge on any atom is 0.316 e. The number of carbonyl (C=O) groups is 2. The lowest BCUT2D eigenvalue weighted by Gasteiger charge is -2.08. The Morgan fingerprint density at radius 1 is 0.340 bits per heavy atom. The van der Waals surface area contributed by atoms with E-state index in [-0.39, 0.29) is 0 Å². The standard InChI is InChI=1S/C36H74.C6H10O4S/c1-3-5-7-9-11-13-15-17-19-21-23-25-27-29-31-33-35-36-34-32-30-28-26-24-22-20-18-16-14-12-10-8-6-4-2;1-3(5(7)8)11-4(2)6(9)10/h3-36H2,1-2H3;3-4H,1-2H3,(H,7,8)(H,9,10). The maximum absolute atomic E-state index is 10.2. The summed E-state index contributed by atoms with van der Waals surface area (Å²) < 4.78 is 0. The largest absolute Gasteiger partial charge is 0.480 e. The van der Waals surface area contributed by atoms with Gasteiger partial charge < -0.3 is 10.2 Å². The minimum absolute atomic E-state index is 0.666. The quantitative estimate of drug-likeness (QED) is 0.0637. The second kappa shape index (κ2) is 41.5. The summed E-state index contributed by atoms with van der Waals surface area (Å²) in [5.41, 5.74) is 0. The van der Waals surface area contributed by atoms with E-state index in [9.17, 15) is 9.59 Å². The summed E-state index contributed by atoms with van der Waals surface area (Å²) in [6.45, 7) is 7.55. The van der Waals surface area contributed by atoms with Crippen LogP contribution >= 0.6 is 11.8 Å². The summed E-state index contributed by atoms with van der Waals surface area (Å²) in [6.07, 6.45) is 50.4.